The summed E-state index contributed by atoms with van der Waals surface area (Å²) in [4.78, 5) is 1.22. The van der Waals surface area contributed by atoms with Crippen molar-refractivity contribution >= 4 is 26.4 Å². The van der Waals surface area contributed by atoms with Crippen LogP contribution in [0.1, 0.15) is 12.5 Å². The molecule has 0 aromatic heterocycles. The Kier molecular flexibility index (Phi) is 2.53. The fraction of sp³-hybridized carbons (Fsp3) is 0.111. The molecule has 0 saturated heterocycles. The molecule has 0 aliphatic carbocycles. The topological polar surface area (TPSA) is 38.4 Å². The summed E-state index contributed by atoms with van der Waals surface area (Å²) in [6.07, 6.45) is 0. The second kappa shape index (κ2) is 3.65. The molecule has 1 aliphatic heterocycles. The molecule has 2 nitrogen and oxygen atoms in total. The minimum absolute atomic E-state index is 0.366. The van der Waals surface area contributed by atoms with Gasteiger partial charge in [0.05, 0.1) is 5.70 Å². The normalized spacial score (nSPS) is 21.8. The van der Waals surface area contributed by atoms with Crippen LogP contribution in [0.4, 0.5) is 0 Å². The monoisotopic (exact) mass is 210 g/mol. The molecule has 1 unspecified atom stereocenters. The highest BCUT2D eigenvalue weighted by Gasteiger charge is 2.13. The summed E-state index contributed by atoms with van der Waals surface area (Å²) in [5.41, 5.74) is 2.21. The van der Waals surface area contributed by atoms with Crippen molar-refractivity contribution in [3.63, 3.8) is 0 Å². The summed E-state index contributed by atoms with van der Waals surface area (Å²) in [5.74, 6) is 0. The van der Waals surface area contributed by atoms with Crippen LogP contribution in [0, 0.1) is 0 Å². The smallest absolute Gasteiger partial charge is 0.0900 e. The summed E-state index contributed by atoms with van der Waals surface area (Å²) < 4.78 is 4.39. The van der Waals surface area contributed by atoms with E-state index in [0.29, 0.717) is 0 Å². The molecule has 2 rings (SSSR count). The molecule has 0 spiro atoms. The fourth-order valence-electron chi connectivity index (χ4n) is 1.19. The van der Waals surface area contributed by atoms with Gasteiger partial charge in [0.1, 0.15) is 0 Å². The molecule has 2 N–H and O–H groups in total. The zero-order valence-electron chi connectivity index (χ0n) is 7.23. The fourth-order valence-corrected chi connectivity index (χ4v) is 3.55. The summed E-state index contributed by atoms with van der Waals surface area (Å²) in [6, 6.07) is 10.2. The Morgan fingerprint density at radius 1 is 1.31 bits per heavy atom. The molecule has 0 bridgehead atoms. The van der Waals surface area contributed by atoms with Gasteiger partial charge in [0, 0.05) is 20.4 Å². The van der Waals surface area contributed by atoms with Crippen LogP contribution < -0.4 is 5.14 Å². The van der Waals surface area contributed by atoms with E-state index < -0.39 is 0 Å². The van der Waals surface area contributed by atoms with Gasteiger partial charge in [0.2, 0.25) is 0 Å². The van der Waals surface area contributed by atoms with Crippen molar-refractivity contribution in [3.05, 3.63) is 40.8 Å². The predicted molar refractivity (Wildman–Crippen MR) is 60.6 cm³/mol. The van der Waals surface area contributed by atoms with Crippen LogP contribution in [-0.2, 0) is 9.91 Å². The lowest BCUT2D eigenvalue weighted by Crippen LogP contribution is -1.91. The van der Waals surface area contributed by atoms with Gasteiger partial charge in [-0.15, -0.1) is 0 Å². The quantitative estimate of drug-likeness (QED) is 0.724. The molecule has 1 aliphatic rings. The van der Waals surface area contributed by atoms with Crippen LogP contribution in [0.2, 0.25) is 0 Å². The highest BCUT2D eigenvalue weighted by atomic mass is 33.1. The number of allylic oxidation sites excluding steroid dienone is 1. The summed E-state index contributed by atoms with van der Waals surface area (Å²) in [6.45, 7) is 2.07. The standard InChI is InChI=1S/C9H10N2S2/c1-7-9(11-13(10)12-7)8-5-3-2-4-6-8/h2-6H,1H3,(H2,10,11). The molecule has 0 radical (unpaired) electrons. The van der Waals surface area contributed by atoms with Gasteiger partial charge < -0.3 is 0 Å². The number of hydrogen-bond donors (Lipinski definition) is 1. The summed E-state index contributed by atoms with van der Waals surface area (Å²) >= 11 is 0. The highest BCUT2D eigenvalue weighted by molar-refractivity contribution is 8.71. The Labute approximate surface area is 83.9 Å². The van der Waals surface area contributed by atoms with E-state index >= 15 is 0 Å². The number of hydrogen-bond acceptors (Lipinski definition) is 3. The van der Waals surface area contributed by atoms with Crippen LogP contribution in [0.25, 0.3) is 5.70 Å². The summed E-state index contributed by atoms with van der Waals surface area (Å²) in [5, 5.41) is 5.74. The maximum Gasteiger partial charge on any atom is 0.0900 e. The van der Waals surface area contributed by atoms with E-state index in [1.54, 1.807) is 10.8 Å². The van der Waals surface area contributed by atoms with Gasteiger partial charge in [-0.2, -0.15) is 0 Å². The Balaban J connectivity index is 2.43. The van der Waals surface area contributed by atoms with Gasteiger partial charge >= 0.3 is 0 Å². The van der Waals surface area contributed by atoms with Crippen molar-refractivity contribution in [2.45, 2.75) is 6.92 Å². The van der Waals surface area contributed by atoms with Crippen LogP contribution >= 0.6 is 10.8 Å². The second-order valence-corrected chi connectivity index (χ2v) is 5.76. The Hall–Kier alpha value is -0.580. The first-order chi connectivity index (χ1) is 6.27. The van der Waals surface area contributed by atoms with Gasteiger partial charge in [0.25, 0.3) is 0 Å². The van der Waals surface area contributed by atoms with Gasteiger partial charge in [-0.3, -0.25) is 5.14 Å². The third-order valence-electron chi connectivity index (χ3n) is 1.77. The van der Waals surface area contributed by atoms with Crippen LogP contribution in [0.5, 0.6) is 0 Å². The van der Waals surface area contributed by atoms with Gasteiger partial charge in [-0.05, 0) is 17.7 Å². The first-order valence-corrected chi connectivity index (χ1v) is 6.50. The van der Waals surface area contributed by atoms with Crippen molar-refractivity contribution in [1.82, 2.24) is 0 Å². The average Bonchev–Trinajstić information content (AvgIpc) is 2.47. The van der Waals surface area contributed by atoms with E-state index in [0.717, 1.165) is 11.3 Å². The third-order valence-corrected chi connectivity index (χ3v) is 4.23. The zero-order chi connectivity index (χ0) is 9.26. The minimum atomic E-state index is -0.366. The van der Waals surface area contributed by atoms with E-state index in [1.807, 2.05) is 18.2 Å². The van der Waals surface area contributed by atoms with Gasteiger partial charge in [0.15, 0.2) is 0 Å². The molecule has 0 saturated carbocycles. The molecule has 1 aromatic rings. The first-order valence-electron chi connectivity index (χ1n) is 3.92. The van der Waals surface area contributed by atoms with E-state index in [9.17, 15) is 0 Å². The number of rotatable bonds is 1. The first kappa shape index (κ1) is 8.99. The minimum Gasteiger partial charge on any atom is -0.259 e. The molecular formula is C9H10N2S2. The van der Waals surface area contributed by atoms with E-state index in [2.05, 4.69) is 23.4 Å². The van der Waals surface area contributed by atoms with Crippen molar-refractivity contribution in [2.75, 3.05) is 0 Å². The Morgan fingerprint density at radius 2 is 2.00 bits per heavy atom. The second-order valence-electron chi connectivity index (χ2n) is 2.72. The van der Waals surface area contributed by atoms with Crippen molar-refractivity contribution in [1.29, 1.82) is 0 Å². The molecule has 0 amide bonds. The SMILES string of the molecule is CC1=C(c2ccccc2)N=S(N)S1. The summed E-state index contributed by atoms with van der Waals surface area (Å²) in [7, 11) is 1.28. The molecule has 1 aromatic carbocycles. The lowest BCUT2D eigenvalue weighted by Gasteiger charge is -1.98. The maximum atomic E-state index is 5.74. The molecule has 68 valence electrons. The molecular weight excluding hydrogens is 200 g/mol. The maximum absolute atomic E-state index is 5.74. The molecule has 1 heterocycles. The van der Waals surface area contributed by atoms with Crippen molar-refractivity contribution in [3.8, 4) is 0 Å². The van der Waals surface area contributed by atoms with Crippen molar-refractivity contribution < 1.29 is 0 Å². The molecule has 1 atom stereocenters. The third kappa shape index (κ3) is 1.85. The number of nitrogens with two attached hydrogens (primary N) is 1. The zero-order valence-corrected chi connectivity index (χ0v) is 8.86. The average molecular weight is 210 g/mol. The van der Waals surface area contributed by atoms with E-state index in [4.69, 9.17) is 5.14 Å². The highest BCUT2D eigenvalue weighted by Crippen LogP contribution is 2.36. The predicted octanol–water partition coefficient (Wildman–Crippen LogP) is 2.71. The van der Waals surface area contributed by atoms with Crippen LogP contribution in [0.15, 0.2) is 39.6 Å². The lowest BCUT2D eigenvalue weighted by atomic mass is 10.1. The molecule has 4 heteroatoms. The number of benzene rings is 1. The molecule has 0 fully saturated rings. The van der Waals surface area contributed by atoms with Crippen molar-refractivity contribution in [2.24, 2.45) is 9.50 Å². The van der Waals surface area contributed by atoms with Crippen LogP contribution in [0.3, 0.4) is 0 Å². The molecule has 13 heavy (non-hydrogen) atoms. The van der Waals surface area contributed by atoms with Gasteiger partial charge in [-0.25, -0.2) is 4.36 Å². The van der Waals surface area contributed by atoms with Gasteiger partial charge in [-0.1, -0.05) is 30.3 Å². The van der Waals surface area contributed by atoms with Crippen LogP contribution in [-0.4, -0.2) is 0 Å². The number of nitrogens with zero attached hydrogens (tertiary/aromatic N) is 1. The van der Waals surface area contributed by atoms with E-state index in [-0.39, 0.29) is 9.91 Å². The Morgan fingerprint density at radius 3 is 2.54 bits per heavy atom. The van der Waals surface area contributed by atoms with E-state index in [1.165, 1.54) is 4.91 Å². The Bertz CT molecular complexity index is 382. The lowest BCUT2D eigenvalue weighted by molar-refractivity contribution is 1.50. The largest absolute Gasteiger partial charge is 0.259 e.